The smallest absolute Gasteiger partial charge is 0.233 e. The molecule has 6 heteroatoms. The van der Waals surface area contributed by atoms with E-state index >= 15 is 0 Å². The maximum Gasteiger partial charge on any atom is 0.233 e. The number of likely N-dealkylation sites (N-methyl/N-ethyl adjacent to an activating group) is 1. The molecule has 2 aliphatic rings. The van der Waals surface area contributed by atoms with Crippen LogP contribution in [0.3, 0.4) is 0 Å². The number of hydrogen-bond donors (Lipinski definition) is 1. The molecule has 1 amide bonds. The molecule has 0 aromatic heterocycles. The Morgan fingerprint density at radius 1 is 1.24 bits per heavy atom. The largest absolute Gasteiger partial charge is 0.379 e. The summed E-state index contributed by atoms with van der Waals surface area (Å²) < 4.78 is 19.0. The second-order valence-electron chi connectivity index (χ2n) is 7.38. The van der Waals surface area contributed by atoms with E-state index in [1.54, 1.807) is 7.05 Å². The molecular weight excluding hydrogens is 321 g/mol. The van der Waals surface area contributed by atoms with E-state index in [0.29, 0.717) is 13.2 Å². The highest BCUT2D eigenvalue weighted by Gasteiger charge is 2.39. The Kier molecular flexibility index (Phi) is 6.04. The highest BCUT2D eigenvalue weighted by atomic mass is 19.1. The van der Waals surface area contributed by atoms with Crippen molar-refractivity contribution in [3.05, 3.63) is 35.6 Å². The van der Waals surface area contributed by atoms with Gasteiger partial charge in [-0.05, 0) is 37.1 Å². The van der Waals surface area contributed by atoms with E-state index in [2.05, 4.69) is 15.1 Å². The van der Waals surface area contributed by atoms with Crippen LogP contribution in [0, 0.1) is 11.2 Å². The summed E-state index contributed by atoms with van der Waals surface area (Å²) in [6, 6.07) is 6.76. The minimum absolute atomic E-state index is 0.0519. The Balaban J connectivity index is 1.64. The van der Waals surface area contributed by atoms with E-state index in [1.807, 2.05) is 12.1 Å². The molecule has 2 aliphatic heterocycles. The minimum atomic E-state index is -0.194. The molecule has 25 heavy (non-hydrogen) atoms. The van der Waals surface area contributed by atoms with Crippen LogP contribution < -0.4 is 5.32 Å². The zero-order valence-corrected chi connectivity index (χ0v) is 15.0. The second kappa shape index (κ2) is 8.25. The van der Waals surface area contributed by atoms with E-state index in [-0.39, 0.29) is 17.1 Å². The van der Waals surface area contributed by atoms with Crippen molar-refractivity contribution in [1.82, 2.24) is 15.1 Å². The van der Waals surface area contributed by atoms with Gasteiger partial charge >= 0.3 is 0 Å². The summed E-state index contributed by atoms with van der Waals surface area (Å²) in [5.74, 6) is -0.142. The summed E-state index contributed by atoms with van der Waals surface area (Å²) in [6.07, 6.45) is 2.25. The molecule has 2 fully saturated rings. The van der Waals surface area contributed by atoms with Crippen LogP contribution in [0.4, 0.5) is 4.39 Å². The number of benzene rings is 1. The third kappa shape index (κ3) is 5.00. The summed E-state index contributed by atoms with van der Waals surface area (Å²) in [7, 11) is 1.68. The van der Waals surface area contributed by atoms with Gasteiger partial charge in [-0.3, -0.25) is 14.6 Å². The van der Waals surface area contributed by atoms with Gasteiger partial charge in [-0.25, -0.2) is 4.39 Å². The molecule has 0 aliphatic carbocycles. The number of halogens is 1. The molecule has 2 heterocycles. The number of carbonyl (C=O) groups is 1. The first-order valence-corrected chi connectivity index (χ1v) is 9.06. The first-order valence-electron chi connectivity index (χ1n) is 9.06. The molecule has 1 aromatic rings. The number of amides is 1. The fraction of sp³-hybridized carbons (Fsp3) is 0.632. The number of piperidine rings is 1. The van der Waals surface area contributed by atoms with Gasteiger partial charge in [0.25, 0.3) is 0 Å². The Morgan fingerprint density at radius 2 is 2.00 bits per heavy atom. The van der Waals surface area contributed by atoms with Gasteiger partial charge in [-0.1, -0.05) is 12.1 Å². The van der Waals surface area contributed by atoms with E-state index in [0.717, 1.165) is 57.7 Å². The van der Waals surface area contributed by atoms with Crippen molar-refractivity contribution in [2.75, 3.05) is 53.0 Å². The third-order valence-corrected chi connectivity index (χ3v) is 5.23. The number of ether oxygens (including phenoxy) is 1. The molecule has 2 saturated heterocycles. The Hall–Kier alpha value is -1.50. The third-order valence-electron chi connectivity index (χ3n) is 5.23. The lowest BCUT2D eigenvalue weighted by atomic mass is 9.80. The fourth-order valence-corrected chi connectivity index (χ4v) is 4.04. The lowest BCUT2D eigenvalue weighted by Gasteiger charge is -2.43. The van der Waals surface area contributed by atoms with Crippen LogP contribution in [-0.4, -0.2) is 68.7 Å². The zero-order chi connectivity index (χ0) is 17.7. The van der Waals surface area contributed by atoms with Crippen molar-refractivity contribution in [2.45, 2.75) is 19.4 Å². The monoisotopic (exact) mass is 349 g/mol. The average molecular weight is 349 g/mol. The SMILES string of the molecule is CNC(=O)CN1CCOC[C@@]2(CCCN(Cc3ccc(F)cc3)C2)C1. The van der Waals surface area contributed by atoms with Crippen molar-refractivity contribution < 1.29 is 13.9 Å². The molecule has 1 aromatic carbocycles. The van der Waals surface area contributed by atoms with Crippen LogP contribution in [0.2, 0.25) is 0 Å². The summed E-state index contributed by atoms with van der Waals surface area (Å²) in [6.45, 7) is 6.38. The normalized spacial score (nSPS) is 25.7. The summed E-state index contributed by atoms with van der Waals surface area (Å²) in [5, 5.41) is 2.71. The first-order chi connectivity index (χ1) is 12.1. The van der Waals surface area contributed by atoms with Crippen LogP contribution in [0.25, 0.3) is 0 Å². The lowest BCUT2D eigenvalue weighted by molar-refractivity contribution is -0.122. The van der Waals surface area contributed by atoms with E-state index < -0.39 is 0 Å². The summed E-state index contributed by atoms with van der Waals surface area (Å²) in [4.78, 5) is 16.4. The maximum absolute atomic E-state index is 13.1. The molecule has 138 valence electrons. The molecule has 1 spiro atoms. The summed E-state index contributed by atoms with van der Waals surface area (Å²) in [5.41, 5.74) is 1.21. The van der Waals surface area contributed by atoms with Crippen LogP contribution in [0.1, 0.15) is 18.4 Å². The Bertz CT molecular complexity index is 581. The Morgan fingerprint density at radius 3 is 2.76 bits per heavy atom. The van der Waals surface area contributed by atoms with Crippen molar-refractivity contribution in [2.24, 2.45) is 5.41 Å². The molecule has 5 nitrogen and oxygen atoms in total. The van der Waals surface area contributed by atoms with Gasteiger partial charge in [0.05, 0.1) is 19.8 Å². The lowest BCUT2D eigenvalue weighted by Crippen LogP contribution is -2.51. The number of nitrogens with zero attached hydrogens (tertiary/aromatic N) is 2. The molecule has 1 N–H and O–H groups in total. The van der Waals surface area contributed by atoms with E-state index in [1.165, 1.54) is 12.1 Å². The topological polar surface area (TPSA) is 44.8 Å². The number of nitrogens with one attached hydrogen (secondary N) is 1. The highest BCUT2D eigenvalue weighted by Crippen LogP contribution is 2.33. The van der Waals surface area contributed by atoms with E-state index in [4.69, 9.17) is 4.74 Å². The van der Waals surface area contributed by atoms with Gasteiger partial charge in [0.2, 0.25) is 5.91 Å². The molecule has 0 radical (unpaired) electrons. The van der Waals surface area contributed by atoms with E-state index in [9.17, 15) is 9.18 Å². The van der Waals surface area contributed by atoms with Gasteiger partial charge in [-0.2, -0.15) is 0 Å². The molecular formula is C19H28FN3O2. The van der Waals surface area contributed by atoms with Gasteiger partial charge < -0.3 is 10.1 Å². The van der Waals surface area contributed by atoms with Crippen LogP contribution in [0.5, 0.6) is 0 Å². The number of carbonyl (C=O) groups excluding carboxylic acids is 1. The quantitative estimate of drug-likeness (QED) is 0.895. The average Bonchev–Trinajstić information content (AvgIpc) is 2.79. The first kappa shape index (κ1) is 18.3. The van der Waals surface area contributed by atoms with Crippen LogP contribution >= 0.6 is 0 Å². The van der Waals surface area contributed by atoms with Crippen molar-refractivity contribution in [3.8, 4) is 0 Å². The second-order valence-corrected chi connectivity index (χ2v) is 7.38. The molecule has 0 unspecified atom stereocenters. The highest BCUT2D eigenvalue weighted by molar-refractivity contribution is 5.77. The molecule has 1 atom stereocenters. The van der Waals surface area contributed by atoms with Gasteiger partial charge in [0.1, 0.15) is 5.82 Å². The van der Waals surface area contributed by atoms with Crippen LogP contribution in [0.15, 0.2) is 24.3 Å². The number of hydrogen-bond acceptors (Lipinski definition) is 4. The van der Waals surface area contributed by atoms with Gasteiger partial charge in [-0.15, -0.1) is 0 Å². The van der Waals surface area contributed by atoms with Crippen molar-refractivity contribution in [3.63, 3.8) is 0 Å². The van der Waals surface area contributed by atoms with Gasteiger partial charge in [0, 0.05) is 38.6 Å². The molecule has 0 saturated carbocycles. The minimum Gasteiger partial charge on any atom is -0.379 e. The molecule has 3 rings (SSSR count). The predicted molar refractivity (Wildman–Crippen MR) is 94.7 cm³/mol. The number of rotatable bonds is 4. The van der Waals surface area contributed by atoms with Crippen LogP contribution in [-0.2, 0) is 16.1 Å². The number of likely N-dealkylation sites (tertiary alicyclic amines) is 1. The standard InChI is InChI=1S/C19H28FN3O2/c1-21-18(24)12-23-9-10-25-15-19(14-23)7-2-8-22(13-19)11-16-3-5-17(20)6-4-16/h3-6H,2,7-15H2,1H3,(H,21,24)/t19-/m1/s1. The van der Waals surface area contributed by atoms with Crippen molar-refractivity contribution >= 4 is 5.91 Å². The fourth-order valence-electron chi connectivity index (χ4n) is 4.04. The molecule has 0 bridgehead atoms. The summed E-state index contributed by atoms with van der Waals surface area (Å²) >= 11 is 0. The zero-order valence-electron chi connectivity index (χ0n) is 15.0. The maximum atomic E-state index is 13.1. The Labute approximate surface area is 149 Å². The van der Waals surface area contributed by atoms with Gasteiger partial charge in [0.15, 0.2) is 0 Å². The van der Waals surface area contributed by atoms with Crippen molar-refractivity contribution in [1.29, 1.82) is 0 Å². The predicted octanol–water partition coefficient (Wildman–Crippen LogP) is 1.49.